The van der Waals surface area contributed by atoms with Gasteiger partial charge in [-0.1, -0.05) is 81.9 Å². The third-order valence-electron chi connectivity index (χ3n) is 6.92. The van der Waals surface area contributed by atoms with Gasteiger partial charge in [0.15, 0.2) is 5.82 Å². The number of ether oxygens (including phenoxy) is 1. The summed E-state index contributed by atoms with van der Waals surface area (Å²) in [6, 6.07) is 15.4. The van der Waals surface area contributed by atoms with E-state index in [-0.39, 0.29) is 11.5 Å². The summed E-state index contributed by atoms with van der Waals surface area (Å²) >= 11 is 1.23. The maximum absolute atomic E-state index is 13.6. The average Bonchev–Trinajstić information content (AvgIpc) is 3.57. The van der Waals surface area contributed by atoms with E-state index in [2.05, 4.69) is 23.9 Å². The van der Waals surface area contributed by atoms with Crippen LogP contribution < -0.4 is 19.7 Å². The third kappa shape index (κ3) is 5.23. The highest BCUT2D eigenvalue weighted by Gasteiger charge is 2.33. The Morgan fingerprint density at radius 3 is 2.37 bits per heavy atom. The monoisotopic (exact) mass is 530 g/mol. The molecule has 38 heavy (non-hydrogen) atoms. The first-order chi connectivity index (χ1) is 18.6. The number of carbonyl (C=O) groups is 1. The first kappa shape index (κ1) is 26.1. The number of aromatic nitrogens is 3. The van der Waals surface area contributed by atoms with Crippen molar-refractivity contribution in [3.8, 4) is 17.1 Å². The van der Waals surface area contributed by atoms with Gasteiger partial charge in [-0.15, -0.1) is 5.10 Å². The molecule has 0 N–H and O–H groups in total. The minimum Gasteiger partial charge on any atom is -0.494 e. The van der Waals surface area contributed by atoms with Gasteiger partial charge in [-0.2, -0.15) is 9.50 Å². The second-order valence-corrected chi connectivity index (χ2v) is 10.7. The number of benzene rings is 2. The van der Waals surface area contributed by atoms with Crippen LogP contribution in [-0.2, 0) is 4.79 Å². The van der Waals surface area contributed by atoms with Crippen molar-refractivity contribution in [2.45, 2.75) is 65.2 Å². The Kier molecular flexibility index (Phi) is 8.17. The molecule has 2 aromatic heterocycles. The summed E-state index contributed by atoms with van der Waals surface area (Å²) in [5.74, 6) is 1.18. The molecule has 0 saturated carbocycles. The largest absolute Gasteiger partial charge is 0.494 e. The molecule has 0 bridgehead atoms. The Balaban J connectivity index is 1.41. The molecule has 0 atom stereocenters. The second kappa shape index (κ2) is 11.9. The van der Waals surface area contributed by atoms with Gasteiger partial charge in [0.05, 0.1) is 17.9 Å². The molecule has 8 heteroatoms. The first-order valence-corrected chi connectivity index (χ1v) is 14.5. The Labute approximate surface area is 226 Å². The van der Waals surface area contributed by atoms with Crippen molar-refractivity contribution in [1.29, 1.82) is 0 Å². The zero-order valence-electron chi connectivity index (χ0n) is 22.1. The summed E-state index contributed by atoms with van der Waals surface area (Å²) in [7, 11) is 0. The zero-order valence-corrected chi connectivity index (χ0v) is 22.9. The molecule has 0 radical (unpaired) electrons. The van der Waals surface area contributed by atoms with E-state index in [0.29, 0.717) is 34.0 Å². The molecule has 1 amide bonds. The third-order valence-corrected chi connectivity index (χ3v) is 7.95. The van der Waals surface area contributed by atoms with Crippen molar-refractivity contribution in [3.05, 3.63) is 69.0 Å². The number of hydrogen-bond donors (Lipinski definition) is 0. The van der Waals surface area contributed by atoms with E-state index in [1.807, 2.05) is 53.4 Å². The highest BCUT2D eigenvalue weighted by atomic mass is 32.1. The average molecular weight is 531 g/mol. The van der Waals surface area contributed by atoms with Crippen LogP contribution in [0.2, 0.25) is 0 Å². The van der Waals surface area contributed by atoms with Gasteiger partial charge in [0.1, 0.15) is 10.3 Å². The van der Waals surface area contributed by atoms with Crippen LogP contribution >= 0.6 is 11.3 Å². The van der Waals surface area contributed by atoms with E-state index in [1.165, 1.54) is 35.1 Å². The highest BCUT2D eigenvalue weighted by molar-refractivity contribution is 7.15. The lowest BCUT2D eigenvalue weighted by Crippen LogP contribution is -2.33. The van der Waals surface area contributed by atoms with E-state index in [4.69, 9.17) is 4.74 Å². The van der Waals surface area contributed by atoms with E-state index in [1.54, 1.807) is 0 Å². The lowest BCUT2D eigenvalue weighted by Gasteiger charge is -2.16. The van der Waals surface area contributed by atoms with Crippen molar-refractivity contribution in [2.75, 3.05) is 18.1 Å². The van der Waals surface area contributed by atoms with Crippen LogP contribution in [0.4, 0.5) is 5.69 Å². The number of amides is 1. The first-order valence-electron chi connectivity index (χ1n) is 13.7. The number of nitrogens with zero attached hydrogens (tertiary/aromatic N) is 4. The fourth-order valence-corrected chi connectivity index (χ4v) is 5.84. The maximum Gasteiger partial charge on any atom is 0.291 e. The number of rotatable bonds is 12. The van der Waals surface area contributed by atoms with Crippen LogP contribution in [0.3, 0.4) is 0 Å². The summed E-state index contributed by atoms with van der Waals surface area (Å²) in [5.41, 5.74) is 2.65. The number of thiazole rings is 1. The topological polar surface area (TPSA) is 76.8 Å². The van der Waals surface area contributed by atoms with Gasteiger partial charge in [-0.05, 0) is 43.2 Å². The number of para-hydroxylation sites is 1. The van der Waals surface area contributed by atoms with Crippen LogP contribution in [0.25, 0.3) is 21.9 Å². The van der Waals surface area contributed by atoms with Crippen LogP contribution in [0, 0.1) is 0 Å². The predicted molar refractivity (Wildman–Crippen MR) is 153 cm³/mol. The van der Waals surface area contributed by atoms with Crippen molar-refractivity contribution in [2.24, 2.45) is 0 Å². The lowest BCUT2D eigenvalue weighted by atomic mass is 10.1. The van der Waals surface area contributed by atoms with E-state index < -0.39 is 0 Å². The predicted octanol–water partition coefficient (Wildman–Crippen LogP) is 5.62. The molecule has 0 aliphatic carbocycles. The summed E-state index contributed by atoms with van der Waals surface area (Å²) in [6.07, 6.45) is 8.95. The summed E-state index contributed by atoms with van der Waals surface area (Å²) in [6.45, 7) is 5.71. The molecule has 0 spiro atoms. The van der Waals surface area contributed by atoms with Crippen LogP contribution in [0.5, 0.6) is 5.75 Å². The molecular formula is C30H34N4O3S. The van der Waals surface area contributed by atoms with Crippen LogP contribution in [-0.4, -0.2) is 33.7 Å². The van der Waals surface area contributed by atoms with Crippen molar-refractivity contribution in [1.82, 2.24) is 14.6 Å². The molecule has 0 unspecified atom stereocenters. The van der Waals surface area contributed by atoms with E-state index in [0.717, 1.165) is 54.7 Å². The Hall–Kier alpha value is -3.52. The van der Waals surface area contributed by atoms with Crippen molar-refractivity contribution in [3.63, 3.8) is 0 Å². The number of fused-ring (bicyclic) bond motifs is 2. The molecule has 4 aromatic rings. The van der Waals surface area contributed by atoms with Gasteiger partial charge in [-0.25, -0.2) is 0 Å². The molecule has 7 nitrogen and oxygen atoms in total. The molecule has 1 aliphatic rings. The molecule has 2 aromatic carbocycles. The number of hydrogen-bond acceptors (Lipinski definition) is 6. The van der Waals surface area contributed by atoms with Crippen LogP contribution in [0.15, 0.2) is 53.3 Å². The van der Waals surface area contributed by atoms with Crippen LogP contribution in [0.1, 0.15) is 70.8 Å². The van der Waals surface area contributed by atoms with Gasteiger partial charge in [0.25, 0.3) is 11.5 Å². The summed E-state index contributed by atoms with van der Waals surface area (Å²) in [5, 5.41) is 4.49. The van der Waals surface area contributed by atoms with Gasteiger partial charge >= 0.3 is 0 Å². The maximum atomic E-state index is 13.6. The smallest absolute Gasteiger partial charge is 0.291 e. The minimum absolute atomic E-state index is 0.113. The zero-order chi connectivity index (χ0) is 26.5. The fourth-order valence-electron chi connectivity index (χ4n) is 4.84. The molecule has 1 aliphatic heterocycles. The number of unbranched alkanes of at least 4 members (excludes halogenated alkanes) is 6. The number of anilines is 1. The standard InChI is InChI=1S/C30H34N4O3S/c1-3-5-7-8-11-19-33-24-14-10-9-13-23(24)25(28(33)35)26-29(36)34-30(38-26)31-27(32-34)21-15-17-22(18-16-21)37-20-12-6-4-2/h9-10,13-18H,3-8,11-12,19-20H2,1-2H3. The molecule has 3 heterocycles. The molecule has 0 saturated heterocycles. The number of carbonyl (C=O) groups excluding carboxylic acids is 1. The van der Waals surface area contributed by atoms with Crippen molar-refractivity contribution < 1.29 is 9.53 Å². The van der Waals surface area contributed by atoms with Crippen molar-refractivity contribution >= 4 is 33.5 Å². The lowest BCUT2D eigenvalue weighted by molar-refractivity contribution is -0.113. The van der Waals surface area contributed by atoms with E-state index in [9.17, 15) is 9.59 Å². The fraction of sp³-hybridized carbons (Fsp3) is 0.400. The van der Waals surface area contributed by atoms with Gasteiger partial charge in [0, 0.05) is 17.7 Å². The SMILES string of the molecule is CCCCCCCN1C(=O)C(=c2sc3nc(-c4ccc(OCCCCC)cc4)nn3c2=O)c2ccccc21. The molecule has 5 rings (SSSR count). The Morgan fingerprint density at radius 2 is 1.61 bits per heavy atom. The van der Waals surface area contributed by atoms with E-state index >= 15 is 0 Å². The highest BCUT2D eigenvalue weighted by Crippen LogP contribution is 2.35. The Bertz CT molecular complexity index is 1520. The molecular weight excluding hydrogens is 496 g/mol. The molecule has 0 fully saturated rings. The molecule has 198 valence electrons. The van der Waals surface area contributed by atoms with Gasteiger partial charge < -0.3 is 9.64 Å². The summed E-state index contributed by atoms with van der Waals surface area (Å²) < 4.78 is 7.51. The normalized spacial score (nSPS) is 14.5. The van der Waals surface area contributed by atoms with Gasteiger partial charge in [-0.3, -0.25) is 9.59 Å². The minimum atomic E-state index is -0.303. The quantitative estimate of drug-likeness (QED) is 0.222. The summed E-state index contributed by atoms with van der Waals surface area (Å²) in [4.78, 5) is 33.9. The van der Waals surface area contributed by atoms with Gasteiger partial charge in [0.2, 0.25) is 4.96 Å². The Morgan fingerprint density at radius 1 is 0.868 bits per heavy atom. The second-order valence-electron chi connectivity index (χ2n) is 9.71.